The van der Waals surface area contributed by atoms with E-state index in [2.05, 4.69) is 48.8 Å². The van der Waals surface area contributed by atoms with Crippen molar-refractivity contribution >= 4 is 11.7 Å². The highest BCUT2D eigenvalue weighted by atomic mass is 16.6. The number of nitrogens with zero attached hydrogens (tertiary/aromatic N) is 5. The van der Waals surface area contributed by atoms with Gasteiger partial charge in [-0.05, 0) is 28.0 Å². The standard InChI is InChI=1S/C17H25N7O2/c1-2-23-7-9-24(10-8-23)12-14-5-3-13(4-6-14)11-19-17(20-25)15-16(18)22-26-21-15/h3-6,25H,2,7-12H2,1H3,(H2,18,22)(H,19,20). The van der Waals surface area contributed by atoms with E-state index in [1.807, 2.05) is 17.6 Å². The number of hydroxylamine groups is 1. The molecule has 0 saturated carbocycles. The molecular weight excluding hydrogens is 334 g/mol. The van der Waals surface area contributed by atoms with E-state index in [1.165, 1.54) is 5.56 Å². The first-order valence-corrected chi connectivity index (χ1v) is 8.75. The number of piperazine rings is 1. The monoisotopic (exact) mass is 359 g/mol. The lowest BCUT2D eigenvalue weighted by molar-refractivity contribution is 0.132. The van der Waals surface area contributed by atoms with Gasteiger partial charge in [-0.1, -0.05) is 31.2 Å². The molecule has 0 unspecified atom stereocenters. The van der Waals surface area contributed by atoms with E-state index in [0.717, 1.165) is 44.8 Å². The van der Waals surface area contributed by atoms with Crippen LogP contribution < -0.4 is 11.2 Å². The van der Waals surface area contributed by atoms with Crippen molar-refractivity contribution in [3.8, 4) is 0 Å². The number of hydrogen-bond donors (Lipinski definition) is 3. The number of hydrogen-bond acceptors (Lipinski definition) is 8. The molecule has 0 amide bonds. The molecule has 2 aromatic rings. The van der Waals surface area contributed by atoms with Crippen LogP contribution >= 0.6 is 0 Å². The predicted molar refractivity (Wildman–Crippen MR) is 97.7 cm³/mol. The van der Waals surface area contributed by atoms with Gasteiger partial charge in [0.05, 0.1) is 6.54 Å². The summed E-state index contributed by atoms with van der Waals surface area (Å²) in [4.78, 5) is 9.23. The van der Waals surface area contributed by atoms with Crippen LogP contribution in [0, 0.1) is 0 Å². The number of likely N-dealkylation sites (N-methyl/N-ethyl adjacent to an activating group) is 1. The number of aliphatic imine (C=N–C) groups is 1. The Balaban J connectivity index is 1.56. The summed E-state index contributed by atoms with van der Waals surface area (Å²) in [6.07, 6.45) is 0. The smallest absolute Gasteiger partial charge is 0.199 e. The topological polar surface area (TPSA) is 116 Å². The molecule has 0 bridgehead atoms. The Morgan fingerprint density at radius 1 is 1.15 bits per heavy atom. The first-order valence-electron chi connectivity index (χ1n) is 8.75. The fourth-order valence-corrected chi connectivity index (χ4v) is 2.97. The third-order valence-electron chi connectivity index (χ3n) is 4.61. The molecule has 26 heavy (non-hydrogen) atoms. The lowest BCUT2D eigenvalue weighted by Gasteiger charge is -2.34. The quantitative estimate of drug-likeness (QED) is 0.392. The molecule has 1 saturated heterocycles. The van der Waals surface area contributed by atoms with E-state index in [1.54, 1.807) is 0 Å². The Kier molecular flexibility index (Phi) is 6.16. The fraction of sp³-hybridized carbons (Fsp3) is 0.471. The number of nitrogen functional groups attached to an aromatic ring is 1. The van der Waals surface area contributed by atoms with E-state index in [0.29, 0.717) is 6.54 Å². The van der Waals surface area contributed by atoms with Crippen molar-refractivity contribution in [1.29, 1.82) is 0 Å². The van der Waals surface area contributed by atoms with Gasteiger partial charge >= 0.3 is 0 Å². The van der Waals surface area contributed by atoms with E-state index in [9.17, 15) is 5.21 Å². The van der Waals surface area contributed by atoms with E-state index < -0.39 is 0 Å². The molecule has 140 valence electrons. The molecule has 1 fully saturated rings. The molecule has 9 heteroatoms. The average molecular weight is 359 g/mol. The minimum atomic E-state index is 0.0730. The maximum atomic E-state index is 9.21. The Bertz CT molecular complexity index is 721. The number of benzene rings is 1. The SMILES string of the molecule is CCN1CCN(Cc2ccc(CN=C(NO)c3nonc3N)cc2)CC1. The summed E-state index contributed by atoms with van der Waals surface area (Å²) in [7, 11) is 0. The largest absolute Gasteiger partial charge is 0.379 e. The molecule has 1 aliphatic heterocycles. The zero-order valence-corrected chi connectivity index (χ0v) is 14.9. The van der Waals surface area contributed by atoms with Gasteiger partial charge in [0.25, 0.3) is 0 Å². The number of anilines is 1. The Labute approximate surface area is 152 Å². The second kappa shape index (κ2) is 8.75. The van der Waals surface area contributed by atoms with Gasteiger partial charge in [0.2, 0.25) is 0 Å². The van der Waals surface area contributed by atoms with Gasteiger partial charge < -0.3 is 10.6 Å². The number of aromatic nitrogens is 2. The molecule has 1 aromatic heterocycles. The maximum absolute atomic E-state index is 9.21. The van der Waals surface area contributed by atoms with Crippen LogP contribution in [0.25, 0.3) is 0 Å². The minimum absolute atomic E-state index is 0.0730. The van der Waals surface area contributed by atoms with Crippen LogP contribution in [-0.4, -0.2) is 63.9 Å². The molecule has 0 spiro atoms. The zero-order chi connectivity index (χ0) is 18.4. The molecule has 9 nitrogen and oxygen atoms in total. The minimum Gasteiger partial charge on any atom is -0.379 e. The molecule has 0 aliphatic carbocycles. The Morgan fingerprint density at radius 3 is 2.38 bits per heavy atom. The van der Waals surface area contributed by atoms with Crippen molar-refractivity contribution in [2.24, 2.45) is 4.99 Å². The molecule has 1 aromatic carbocycles. The molecule has 2 heterocycles. The van der Waals surface area contributed by atoms with Gasteiger partial charge in [-0.2, -0.15) is 0 Å². The van der Waals surface area contributed by atoms with Crippen molar-refractivity contribution in [3.63, 3.8) is 0 Å². The number of rotatable bonds is 6. The summed E-state index contributed by atoms with van der Waals surface area (Å²) in [5.41, 5.74) is 10.1. The molecule has 4 N–H and O–H groups in total. The highest BCUT2D eigenvalue weighted by Gasteiger charge is 2.15. The van der Waals surface area contributed by atoms with Crippen LogP contribution in [-0.2, 0) is 13.1 Å². The van der Waals surface area contributed by atoms with E-state index >= 15 is 0 Å². The van der Waals surface area contributed by atoms with E-state index in [-0.39, 0.29) is 17.3 Å². The summed E-state index contributed by atoms with van der Waals surface area (Å²) in [5, 5.41) is 16.3. The fourth-order valence-electron chi connectivity index (χ4n) is 2.97. The Hall–Kier alpha value is -2.49. The van der Waals surface area contributed by atoms with Crippen LogP contribution in [0.1, 0.15) is 23.7 Å². The van der Waals surface area contributed by atoms with Crippen molar-refractivity contribution in [2.75, 3.05) is 38.5 Å². The number of amidine groups is 1. The highest BCUT2D eigenvalue weighted by molar-refractivity contribution is 5.99. The molecule has 1 aliphatic rings. The lowest BCUT2D eigenvalue weighted by atomic mass is 10.1. The second-order valence-corrected chi connectivity index (χ2v) is 6.30. The first-order chi connectivity index (χ1) is 12.7. The lowest BCUT2D eigenvalue weighted by Crippen LogP contribution is -2.45. The molecule has 0 atom stereocenters. The summed E-state index contributed by atoms with van der Waals surface area (Å²) < 4.78 is 4.52. The maximum Gasteiger partial charge on any atom is 0.199 e. The van der Waals surface area contributed by atoms with Crippen molar-refractivity contribution in [3.05, 3.63) is 41.1 Å². The third-order valence-corrected chi connectivity index (χ3v) is 4.61. The normalized spacial score (nSPS) is 16.8. The van der Waals surface area contributed by atoms with Gasteiger partial charge in [-0.3, -0.25) is 20.6 Å². The first kappa shape index (κ1) is 18.3. The molecular formula is C17H25N7O2. The van der Waals surface area contributed by atoms with Crippen LogP contribution in [0.2, 0.25) is 0 Å². The van der Waals surface area contributed by atoms with Gasteiger partial charge in [0.15, 0.2) is 17.3 Å². The Morgan fingerprint density at radius 2 is 1.81 bits per heavy atom. The summed E-state index contributed by atoms with van der Waals surface area (Å²) >= 11 is 0. The zero-order valence-electron chi connectivity index (χ0n) is 14.9. The van der Waals surface area contributed by atoms with Crippen LogP contribution in [0.5, 0.6) is 0 Å². The highest BCUT2D eigenvalue weighted by Crippen LogP contribution is 2.12. The van der Waals surface area contributed by atoms with Crippen LogP contribution in [0.3, 0.4) is 0 Å². The van der Waals surface area contributed by atoms with Crippen molar-refractivity contribution < 1.29 is 9.84 Å². The van der Waals surface area contributed by atoms with Gasteiger partial charge in [-0.15, -0.1) is 0 Å². The van der Waals surface area contributed by atoms with Crippen molar-refractivity contribution in [2.45, 2.75) is 20.0 Å². The summed E-state index contributed by atoms with van der Waals surface area (Å²) in [6.45, 7) is 9.18. The average Bonchev–Trinajstić information content (AvgIpc) is 3.10. The van der Waals surface area contributed by atoms with Gasteiger partial charge in [0.1, 0.15) is 0 Å². The van der Waals surface area contributed by atoms with E-state index in [4.69, 9.17) is 5.73 Å². The van der Waals surface area contributed by atoms with Gasteiger partial charge in [0, 0.05) is 32.7 Å². The predicted octanol–water partition coefficient (Wildman–Crippen LogP) is 0.715. The number of nitrogens with two attached hydrogens (primary N) is 1. The number of nitrogens with one attached hydrogen (secondary N) is 1. The summed E-state index contributed by atoms with van der Waals surface area (Å²) in [5.74, 6) is 0.199. The van der Waals surface area contributed by atoms with Crippen molar-refractivity contribution in [1.82, 2.24) is 25.6 Å². The van der Waals surface area contributed by atoms with Crippen LogP contribution in [0.4, 0.5) is 5.82 Å². The summed E-state index contributed by atoms with van der Waals surface area (Å²) in [6, 6.07) is 8.32. The van der Waals surface area contributed by atoms with Crippen LogP contribution in [0.15, 0.2) is 33.9 Å². The van der Waals surface area contributed by atoms with Gasteiger partial charge in [-0.25, -0.2) is 4.63 Å². The molecule has 0 radical (unpaired) electrons. The third kappa shape index (κ3) is 4.57. The second-order valence-electron chi connectivity index (χ2n) is 6.30. The molecule has 3 rings (SSSR count).